The van der Waals surface area contributed by atoms with E-state index in [0.29, 0.717) is 17.4 Å². The van der Waals surface area contributed by atoms with E-state index in [4.69, 9.17) is 15.3 Å². The molecule has 0 saturated carbocycles. The highest BCUT2D eigenvalue weighted by molar-refractivity contribution is 5.93. The molecule has 6 nitrogen and oxygen atoms in total. The Balaban J connectivity index is 2.19. The smallest absolute Gasteiger partial charge is 0.337 e. The molecule has 3 N–H and O–H groups in total. The molecule has 0 radical (unpaired) electrons. The number of aromatic nitrogens is 1. The molecule has 0 spiro atoms. The van der Waals surface area contributed by atoms with Crippen molar-refractivity contribution in [2.45, 2.75) is 25.8 Å². The van der Waals surface area contributed by atoms with Gasteiger partial charge in [0.25, 0.3) is 0 Å². The first-order valence-corrected chi connectivity index (χ1v) is 7.34. The highest BCUT2D eigenvalue weighted by Crippen LogP contribution is 2.20. The molecule has 23 heavy (non-hydrogen) atoms. The van der Waals surface area contributed by atoms with Crippen molar-refractivity contribution in [3.05, 3.63) is 51.8 Å². The average molecular weight is 312 g/mol. The number of hydrogen-bond donors (Lipinski definition) is 2. The molecular weight excluding hydrogens is 296 g/mol. The van der Waals surface area contributed by atoms with E-state index in [-0.39, 0.29) is 28.1 Å². The van der Waals surface area contributed by atoms with Gasteiger partial charge in [-0.25, -0.2) is 9.78 Å². The normalized spacial score (nSPS) is 12.6. The van der Waals surface area contributed by atoms with Crippen molar-refractivity contribution < 1.29 is 14.3 Å². The summed E-state index contributed by atoms with van der Waals surface area (Å²) in [6.07, 6.45) is 2.68. The molecule has 0 amide bonds. The highest BCUT2D eigenvalue weighted by atomic mass is 16.4. The van der Waals surface area contributed by atoms with E-state index >= 15 is 0 Å². The standard InChI is InChI=1S/C17H16N2O4/c1-2-11(18)5-9-3-4-13-12(6-9)16(20)15-14(23-13)7-10(8-19-15)17(21)22/h3-4,6-8,11H,2,5,18H2,1H3,(H,21,22). The predicted molar refractivity (Wildman–Crippen MR) is 86.7 cm³/mol. The third kappa shape index (κ3) is 2.80. The van der Waals surface area contributed by atoms with Gasteiger partial charge in [-0.1, -0.05) is 13.0 Å². The quantitative estimate of drug-likeness (QED) is 0.716. The van der Waals surface area contributed by atoms with Crippen LogP contribution in [0.25, 0.3) is 22.1 Å². The number of aromatic carboxylic acids is 1. The molecule has 1 unspecified atom stereocenters. The molecule has 0 fully saturated rings. The Hall–Kier alpha value is -2.73. The van der Waals surface area contributed by atoms with Crippen LogP contribution in [0.1, 0.15) is 29.3 Å². The maximum Gasteiger partial charge on any atom is 0.337 e. The summed E-state index contributed by atoms with van der Waals surface area (Å²) in [7, 11) is 0. The van der Waals surface area contributed by atoms with Crippen LogP contribution in [0.3, 0.4) is 0 Å². The van der Waals surface area contributed by atoms with E-state index in [1.54, 1.807) is 12.1 Å². The first kappa shape index (κ1) is 15.2. The number of rotatable bonds is 4. The van der Waals surface area contributed by atoms with Crippen LogP contribution in [-0.4, -0.2) is 22.1 Å². The van der Waals surface area contributed by atoms with Gasteiger partial charge >= 0.3 is 5.97 Å². The van der Waals surface area contributed by atoms with Crippen LogP contribution in [0.4, 0.5) is 0 Å². The van der Waals surface area contributed by atoms with Crippen molar-refractivity contribution >= 4 is 28.0 Å². The number of benzene rings is 1. The van der Waals surface area contributed by atoms with Crippen LogP contribution in [0.15, 0.2) is 39.7 Å². The van der Waals surface area contributed by atoms with E-state index in [9.17, 15) is 9.59 Å². The number of pyridine rings is 1. The fourth-order valence-electron chi connectivity index (χ4n) is 2.47. The third-order valence-electron chi connectivity index (χ3n) is 3.85. The fraction of sp³-hybridized carbons (Fsp3) is 0.235. The lowest BCUT2D eigenvalue weighted by atomic mass is 10.0. The minimum absolute atomic E-state index is 0.0226. The first-order chi connectivity index (χ1) is 11.0. The van der Waals surface area contributed by atoms with E-state index in [1.807, 2.05) is 13.0 Å². The molecule has 118 valence electrons. The molecule has 1 atom stereocenters. The van der Waals surface area contributed by atoms with Gasteiger partial charge in [0, 0.05) is 12.2 Å². The van der Waals surface area contributed by atoms with Gasteiger partial charge in [0.1, 0.15) is 5.58 Å². The van der Waals surface area contributed by atoms with Gasteiger partial charge in [-0.2, -0.15) is 0 Å². The highest BCUT2D eigenvalue weighted by Gasteiger charge is 2.13. The topological polar surface area (TPSA) is 106 Å². The Kier molecular flexibility index (Phi) is 3.83. The Bertz CT molecular complexity index is 962. The summed E-state index contributed by atoms with van der Waals surface area (Å²) in [5, 5.41) is 9.42. The molecule has 0 saturated heterocycles. The number of nitrogens with zero attached hydrogens (tertiary/aromatic N) is 1. The summed E-state index contributed by atoms with van der Waals surface area (Å²) in [4.78, 5) is 27.5. The van der Waals surface area contributed by atoms with E-state index in [2.05, 4.69) is 4.98 Å². The summed E-state index contributed by atoms with van der Waals surface area (Å²) in [5.74, 6) is -1.12. The SMILES string of the molecule is CCC(N)Cc1ccc2oc3cc(C(=O)O)cnc3c(=O)c2c1. The average Bonchev–Trinajstić information content (AvgIpc) is 2.55. The van der Waals surface area contributed by atoms with Gasteiger partial charge in [0.05, 0.1) is 10.9 Å². The summed E-state index contributed by atoms with van der Waals surface area (Å²) >= 11 is 0. The molecule has 0 aliphatic rings. The van der Waals surface area contributed by atoms with Gasteiger partial charge < -0.3 is 15.3 Å². The molecule has 3 rings (SSSR count). The van der Waals surface area contributed by atoms with Crippen molar-refractivity contribution in [1.29, 1.82) is 0 Å². The van der Waals surface area contributed by atoms with Crippen LogP contribution in [-0.2, 0) is 6.42 Å². The second kappa shape index (κ2) is 5.81. The predicted octanol–water partition coefficient (Wildman–Crippen LogP) is 2.32. The maximum absolute atomic E-state index is 12.6. The molecule has 0 bridgehead atoms. The molecule has 0 aliphatic carbocycles. The van der Waals surface area contributed by atoms with Gasteiger partial charge in [-0.15, -0.1) is 0 Å². The van der Waals surface area contributed by atoms with E-state index < -0.39 is 5.97 Å². The lowest BCUT2D eigenvalue weighted by Crippen LogP contribution is -2.21. The van der Waals surface area contributed by atoms with Crippen LogP contribution >= 0.6 is 0 Å². The summed E-state index contributed by atoms with van der Waals surface area (Å²) in [6.45, 7) is 2.01. The van der Waals surface area contributed by atoms with Gasteiger partial charge in [-0.3, -0.25) is 4.79 Å². The number of carbonyl (C=O) groups is 1. The van der Waals surface area contributed by atoms with E-state index in [0.717, 1.165) is 18.2 Å². The maximum atomic E-state index is 12.6. The van der Waals surface area contributed by atoms with Gasteiger partial charge in [-0.05, 0) is 36.6 Å². The zero-order valence-corrected chi connectivity index (χ0v) is 12.6. The zero-order valence-electron chi connectivity index (χ0n) is 12.6. The zero-order chi connectivity index (χ0) is 16.6. The minimum atomic E-state index is -1.12. The molecule has 1 aromatic carbocycles. The molecule has 3 aromatic rings. The van der Waals surface area contributed by atoms with Crippen molar-refractivity contribution in [3.63, 3.8) is 0 Å². The second-order valence-corrected chi connectivity index (χ2v) is 5.51. The third-order valence-corrected chi connectivity index (χ3v) is 3.85. The lowest BCUT2D eigenvalue weighted by molar-refractivity contribution is 0.0696. The summed E-state index contributed by atoms with van der Waals surface area (Å²) in [6, 6.07) is 6.69. The molecule has 0 aliphatic heterocycles. The van der Waals surface area contributed by atoms with Crippen LogP contribution < -0.4 is 11.2 Å². The number of carboxylic acids is 1. The lowest BCUT2D eigenvalue weighted by Gasteiger charge is -2.09. The van der Waals surface area contributed by atoms with Gasteiger partial charge in [0.2, 0.25) is 5.43 Å². The van der Waals surface area contributed by atoms with Crippen molar-refractivity contribution in [2.24, 2.45) is 5.73 Å². The van der Waals surface area contributed by atoms with Gasteiger partial charge in [0.15, 0.2) is 11.1 Å². The molecule has 6 heteroatoms. The Morgan fingerprint density at radius 1 is 1.35 bits per heavy atom. The summed E-state index contributed by atoms with van der Waals surface area (Å²) < 4.78 is 5.65. The second-order valence-electron chi connectivity index (χ2n) is 5.51. The fourth-order valence-corrected chi connectivity index (χ4v) is 2.47. The molecular formula is C17H16N2O4. The Morgan fingerprint density at radius 3 is 2.83 bits per heavy atom. The number of nitrogens with two attached hydrogens (primary N) is 1. The number of carboxylic acid groups (broad SMARTS) is 1. The first-order valence-electron chi connectivity index (χ1n) is 7.34. The van der Waals surface area contributed by atoms with Crippen LogP contribution in [0.5, 0.6) is 0 Å². The molecule has 2 heterocycles. The van der Waals surface area contributed by atoms with E-state index in [1.165, 1.54) is 6.07 Å². The van der Waals surface area contributed by atoms with Crippen molar-refractivity contribution in [2.75, 3.05) is 0 Å². The minimum Gasteiger partial charge on any atom is -0.478 e. The molecule has 2 aromatic heterocycles. The monoisotopic (exact) mass is 312 g/mol. The largest absolute Gasteiger partial charge is 0.478 e. The Morgan fingerprint density at radius 2 is 2.13 bits per heavy atom. The van der Waals surface area contributed by atoms with Crippen LogP contribution in [0.2, 0.25) is 0 Å². The van der Waals surface area contributed by atoms with Crippen LogP contribution in [0, 0.1) is 0 Å². The van der Waals surface area contributed by atoms with Crippen molar-refractivity contribution in [3.8, 4) is 0 Å². The van der Waals surface area contributed by atoms with Crippen molar-refractivity contribution in [1.82, 2.24) is 4.98 Å². The Labute approximate surface area is 131 Å². The number of hydrogen-bond acceptors (Lipinski definition) is 5. The number of fused-ring (bicyclic) bond motifs is 2. The summed E-state index contributed by atoms with van der Waals surface area (Å²) in [5.41, 5.74) is 7.31.